The summed E-state index contributed by atoms with van der Waals surface area (Å²) in [6, 6.07) is 11.9. The van der Waals surface area contributed by atoms with Crippen LogP contribution >= 0.6 is 23.1 Å². The smallest absolute Gasteiger partial charge is 0.336 e. The van der Waals surface area contributed by atoms with E-state index in [0.29, 0.717) is 30.6 Å². The number of nitrogens with one attached hydrogen (secondary N) is 1. The van der Waals surface area contributed by atoms with Gasteiger partial charge in [-0.3, -0.25) is 4.79 Å². The van der Waals surface area contributed by atoms with Gasteiger partial charge in [0.2, 0.25) is 0 Å². The van der Waals surface area contributed by atoms with Crippen molar-refractivity contribution in [1.82, 2.24) is 5.32 Å². The van der Waals surface area contributed by atoms with Gasteiger partial charge in [0, 0.05) is 34.0 Å². The summed E-state index contributed by atoms with van der Waals surface area (Å²) >= 11 is 3.30. The molecule has 1 aromatic carbocycles. The van der Waals surface area contributed by atoms with Gasteiger partial charge in [-0.05, 0) is 54.2 Å². The van der Waals surface area contributed by atoms with E-state index in [-0.39, 0.29) is 23.6 Å². The molecule has 0 radical (unpaired) electrons. The minimum Gasteiger partial charge on any atom is -0.497 e. The van der Waals surface area contributed by atoms with Gasteiger partial charge in [-0.1, -0.05) is 25.1 Å². The van der Waals surface area contributed by atoms with Gasteiger partial charge in [-0.15, -0.1) is 11.3 Å². The molecule has 4 rings (SSSR count). The summed E-state index contributed by atoms with van der Waals surface area (Å²) in [6.45, 7) is 4.35. The van der Waals surface area contributed by atoms with Crippen molar-refractivity contribution in [2.75, 3.05) is 25.2 Å². The fourth-order valence-corrected chi connectivity index (χ4v) is 5.93. The second kappa shape index (κ2) is 10.6. The van der Waals surface area contributed by atoms with Crippen LogP contribution in [-0.4, -0.2) is 37.0 Å². The predicted molar refractivity (Wildman–Crippen MR) is 134 cm³/mol. The Kier molecular flexibility index (Phi) is 7.60. The van der Waals surface area contributed by atoms with Gasteiger partial charge >= 0.3 is 5.97 Å². The second-order valence-corrected chi connectivity index (χ2v) is 10.5. The van der Waals surface area contributed by atoms with E-state index in [0.717, 1.165) is 39.1 Å². The Bertz CT molecular complexity index is 1090. The Hall–Kier alpha value is -2.51. The third-order valence-electron chi connectivity index (χ3n) is 6.11. The maximum atomic E-state index is 13.5. The largest absolute Gasteiger partial charge is 0.497 e. The molecule has 2 aromatic rings. The molecule has 0 spiro atoms. The Balaban J connectivity index is 1.66. The van der Waals surface area contributed by atoms with Crippen LogP contribution in [0.5, 0.6) is 5.75 Å². The third kappa shape index (κ3) is 5.04. The van der Waals surface area contributed by atoms with E-state index < -0.39 is 0 Å². The highest BCUT2D eigenvalue weighted by Crippen LogP contribution is 2.46. The molecular formula is C26H29NO4S2. The summed E-state index contributed by atoms with van der Waals surface area (Å²) in [5.74, 6) is 1.95. The number of esters is 1. The van der Waals surface area contributed by atoms with Crippen LogP contribution in [0.3, 0.4) is 0 Å². The van der Waals surface area contributed by atoms with E-state index in [2.05, 4.69) is 12.2 Å². The van der Waals surface area contributed by atoms with E-state index in [9.17, 15) is 9.59 Å². The number of carbonyl (C=O) groups is 2. The zero-order chi connectivity index (χ0) is 23.4. The average Bonchev–Trinajstić information content (AvgIpc) is 3.35. The van der Waals surface area contributed by atoms with Gasteiger partial charge < -0.3 is 14.8 Å². The zero-order valence-electron chi connectivity index (χ0n) is 19.2. The molecule has 0 amide bonds. The van der Waals surface area contributed by atoms with Crippen molar-refractivity contribution in [2.45, 2.75) is 38.5 Å². The molecule has 174 valence electrons. The summed E-state index contributed by atoms with van der Waals surface area (Å²) in [5.41, 5.74) is 4.01. The van der Waals surface area contributed by atoms with Crippen LogP contribution in [0.15, 0.2) is 64.3 Å². The van der Waals surface area contributed by atoms with Gasteiger partial charge in [0.1, 0.15) is 12.4 Å². The molecule has 0 fully saturated rings. The molecule has 0 saturated carbocycles. The van der Waals surface area contributed by atoms with E-state index in [4.69, 9.17) is 9.47 Å². The monoisotopic (exact) mass is 483 g/mol. The van der Waals surface area contributed by atoms with Crippen LogP contribution in [0.1, 0.15) is 49.0 Å². The zero-order valence-corrected chi connectivity index (χ0v) is 20.8. The molecule has 1 N–H and O–H groups in total. The minimum absolute atomic E-state index is 0.0650. The van der Waals surface area contributed by atoms with Crippen LogP contribution in [0.4, 0.5) is 0 Å². The number of ether oxygens (including phenoxy) is 2. The lowest BCUT2D eigenvalue weighted by molar-refractivity contribution is -0.138. The number of carbonyl (C=O) groups excluding carboxylic acids is 2. The maximum Gasteiger partial charge on any atom is 0.336 e. The minimum atomic E-state index is -0.383. The van der Waals surface area contributed by atoms with E-state index >= 15 is 0 Å². The summed E-state index contributed by atoms with van der Waals surface area (Å²) in [5, 5.41) is 5.39. The summed E-state index contributed by atoms with van der Waals surface area (Å²) in [4.78, 5) is 27.7. The highest BCUT2D eigenvalue weighted by Gasteiger charge is 2.41. The van der Waals surface area contributed by atoms with Crippen molar-refractivity contribution >= 4 is 34.9 Å². The lowest BCUT2D eigenvalue weighted by atomic mass is 9.73. The molecule has 0 saturated heterocycles. The van der Waals surface area contributed by atoms with Crippen molar-refractivity contribution in [1.29, 1.82) is 0 Å². The molecule has 2 atom stereocenters. The Morgan fingerprint density at radius 3 is 2.82 bits per heavy atom. The van der Waals surface area contributed by atoms with Crippen molar-refractivity contribution in [3.8, 4) is 5.75 Å². The molecule has 1 aliphatic carbocycles. The lowest BCUT2D eigenvalue weighted by Gasteiger charge is -2.36. The molecule has 0 unspecified atom stereocenters. The van der Waals surface area contributed by atoms with Crippen molar-refractivity contribution in [3.05, 3.63) is 74.8 Å². The summed E-state index contributed by atoms with van der Waals surface area (Å²) < 4.78 is 11.0. The fraction of sp³-hybridized carbons (Fsp3) is 0.385. The number of thiophene rings is 1. The number of hydrogen-bond donors (Lipinski definition) is 1. The average molecular weight is 484 g/mol. The topological polar surface area (TPSA) is 64.6 Å². The fourth-order valence-electron chi connectivity index (χ4n) is 4.60. The van der Waals surface area contributed by atoms with E-state index in [1.54, 1.807) is 30.2 Å². The molecular weight excluding hydrogens is 454 g/mol. The molecule has 2 aliphatic rings. The molecule has 1 aromatic heterocycles. The first-order valence-corrected chi connectivity index (χ1v) is 13.2. The van der Waals surface area contributed by atoms with Gasteiger partial charge in [0.25, 0.3) is 0 Å². The van der Waals surface area contributed by atoms with Crippen molar-refractivity contribution in [3.63, 3.8) is 0 Å². The quantitative estimate of drug-likeness (QED) is 0.400. The predicted octanol–water partition coefficient (Wildman–Crippen LogP) is 5.41. The summed E-state index contributed by atoms with van der Waals surface area (Å²) in [6.07, 6.45) is 1.12. The van der Waals surface area contributed by atoms with Crippen molar-refractivity contribution in [2.24, 2.45) is 0 Å². The normalized spacial score (nSPS) is 20.4. The number of rotatable bonds is 8. The van der Waals surface area contributed by atoms with Gasteiger partial charge in [0.05, 0.1) is 18.6 Å². The number of thioether (sulfide) groups is 1. The SMILES string of the molecule is CCSCCOC(=O)C1=C(C)NC2=C(C(=O)C[C@H](c3cccc(OC)c3)C2)[C@@H]1c1cccs1. The van der Waals surface area contributed by atoms with Crippen molar-refractivity contribution < 1.29 is 19.1 Å². The Labute approximate surface area is 203 Å². The number of allylic oxidation sites excluding steroid dienone is 3. The highest BCUT2D eigenvalue weighted by molar-refractivity contribution is 7.99. The first-order chi connectivity index (χ1) is 16.0. The number of Topliss-reactive ketones (excluding diaryl/α,β-unsaturated/α-hetero) is 1. The van der Waals surface area contributed by atoms with E-state index in [1.807, 2.05) is 48.7 Å². The van der Waals surface area contributed by atoms with Gasteiger partial charge in [-0.25, -0.2) is 4.79 Å². The Morgan fingerprint density at radius 1 is 1.24 bits per heavy atom. The lowest BCUT2D eigenvalue weighted by Crippen LogP contribution is -2.36. The van der Waals surface area contributed by atoms with Crippen LogP contribution in [0.25, 0.3) is 0 Å². The maximum absolute atomic E-state index is 13.5. The highest BCUT2D eigenvalue weighted by atomic mass is 32.2. The molecule has 7 heteroatoms. The Morgan fingerprint density at radius 2 is 2.09 bits per heavy atom. The molecule has 33 heavy (non-hydrogen) atoms. The molecule has 0 bridgehead atoms. The molecule has 2 heterocycles. The first-order valence-electron chi connectivity index (χ1n) is 11.2. The van der Waals surface area contributed by atoms with Crippen LogP contribution in [0, 0.1) is 0 Å². The number of benzene rings is 1. The summed E-state index contributed by atoms with van der Waals surface area (Å²) in [7, 11) is 1.65. The number of dihydropyridines is 1. The van der Waals surface area contributed by atoms with Crippen LogP contribution in [0.2, 0.25) is 0 Å². The second-order valence-electron chi connectivity index (χ2n) is 8.14. The number of hydrogen-bond acceptors (Lipinski definition) is 7. The van der Waals surface area contributed by atoms with Crippen LogP contribution in [-0.2, 0) is 14.3 Å². The number of ketones is 1. The third-order valence-corrected chi connectivity index (χ3v) is 7.91. The number of methoxy groups -OCH3 is 1. The molecule has 1 aliphatic heterocycles. The van der Waals surface area contributed by atoms with Crippen LogP contribution < -0.4 is 10.1 Å². The molecule has 5 nitrogen and oxygen atoms in total. The van der Waals surface area contributed by atoms with Gasteiger partial charge in [0.15, 0.2) is 5.78 Å². The first kappa shape index (κ1) is 23.6. The van der Waals surface area contributed by atoms with E-state index in [1.165, 1.54) is 0 Å². The van der Waals surface area contributed by atoms with Gasteiger partial charge in [-0.2, -0.15) is 11.8 Å². The standard InChI is InChI=1S/C26H29NO4S2/c1-4-32-12-10-31-26(29)23-16(2)27-20-14-18(17-7-5-8-19(13-17)30-3)15-21(28)24(20)25(23)22-9-6-11-33-22/h5-9,11,13,18,25,27H,4,10,12,14-15H2,1-3H3/t18-,25-/m1/s1.